The number of anilines is 2. The molecule has 6 nitrogen and oxygen atoms in total. The van der Waals surface area contributed by atoms with Crippen LogP contribution in [0.25, 0.3) is 10.9 Å². The summed E-state index contributed by atoms with van der Waals surface area (Å²) in [5.41, 5.74) is 1.13. The lowest BCUT2D eigenvalue weighted by atomic mass is 9.79. The minimum absolute atomic E-state index is 0.0765. The number of aromatic nitrogens is 2. The van der Waals surface area contributed by atoms with Crippen LogP contribution in [0.4, 0.5) is 11.8 Å². The Morgan fingerprint density at radius 1 is 1.10 bits per heavy atom. The number of rotatable bonds is 4. The molecule has 0 atom stereocenters. The number of fused-ring (bicyclic) bond motifs is 1. The molecule has 0 unspecified atom stereocenters. The summed E-state index contributed by atoms with van der Waals surface area (Å²) < 4.78 is 6.65. The van der Waals surface area contributed by atoms with Crippen LogP contribution in [0.1, 0.15) is 53.4 Å². The van der Waals surface area contributed by atoms with Gasteiger partial charge < -0.3 is 20.3 Å². The molecule has 0 spiro atoms. The number of hydrogen-bond acceptors (Lipinski definition) is 6. The standard InChI is InChI=1S/C22H32IN5O/c1-21(2)12-14(13-22(3,4)27-21)24-19-15-10-18(29-5)16(23)11-17(15)25-20(26-19)28-8-6-7-9-28/h10-11,14,27H,6-9,12-13H2,1-5H3,(H,24,25,26). The van der Waals surface area contributed by atoms with Gasteiger partial charge in [0.25, 0.3) is 0 Å². The van der Waals surface area contributed by atoms with E-state index in [0.29, 0.717) is 6.04 Å². The fourth-order valence-electron chi connectivity index (χ4n) is 5.06. The molecular formula is C22H32IN5O. The van der Waals surface area contributed by atoms with E-state index in [2.05, 4.69) is 78.0 Å². The van der Waals surface area contributed by atoms with Gasteiger partial charge in [0.1, 0.15) is 11.6 Å². The van der Waals surface area contributed by atoms with Gasteiger partial charge in [0, 0.05) is 35.6 Å². The van der Waals surface area contributed by atoms with E-state index in [1.165, 1.54) is 12.8 Å². The molecule has 2 aliphatic rings. The van der Waals surface area contributed by atoms with Gasteiger partial charge in [-0.25, -0.2) is 4.98 Å². The van der Waals surface area contributed by atoms with Gasteiger partial charge in [-0.1, -0.05) is 0 Å². The second-order valence-corrected chi connectivity index (χ2v) is 10.9. The zero-order valence-corrected chi connectivity index (χ0v) is 20.3. The van der Waals surface area contributed by atoms with Crippen LogP contribution in [0.3, 0.4) is 0 Å². The van der Waals surface area contributed by atoms with Gasteiger partial charge >= 0.3 is 0 Å². The molecule has 29 heavy (non-hydrogen) atoms. The maximum atomic E-state index is 5.58. The first kappa shape index (κ1) is 20.9. The van der Waals surface area contributed by atoms with E-state index in [9.17, 15) is 0 Å². The minimum atomic E-state index is 0.0765. The van der Waals surface area contributed by atoms with E-state index >= 15 is 0 Å². The first-order valence-corrected chi connectivity index (χ1v) is 11.6. The van der Waals surface area contributed by atoms with Crippen LogP contribution in [0, 0.1) is 3.57 Å². The van der Waals surface area contributed by atoms with Crippen LogP contribution in [-0.2, 0) is 0 Å². The highest BCUT2D eigenvalue weighted by molar-refractivity contribution is 14.1. The Kier molecular flexibility index (Phi) is 5.57. The molecule has 0 bridgehead atoms. The van der Waals surface area contributed by atoms with Gasteiger partial charge in [0.2, 0.25) is 5.95 Å². The van der Waals surface area contributed by atoms with Crippen LogP contribution in [-0.4, -0.2) is 47.3 Å². The third kappa shape index (κ3) is 4.55. The van der Waals surface area contributed by atoms with Crippen molar-refractivity contribution in [3.05, 3.63) is 15.7 Å². The van der Waals surface area contributed by atoms with Crippen LogP contribution in [0.15, 0.2) is 12.1 Å². The normalized spacial score (nSPS) is 21.5. The van der Waals surface area contributed by atoms with E-state index in [0.717, 1.165) is 57.9 Å². The second kappa shape index (κ2) is 7.72. The average molecular weight is 509 g/mol. The number of halogens is 1. The van der Waals surface area contributed by atoms with Crippen molar-refractivity contribution in [3.63, 3.8) is 0 Å². The summed E-state index contributed by atoms with van der Waals surface area (Å²) in [5, 5.41) is 8.59. The van der Waals surface area contributed by atoms with E-state index in [4.69, 9.17) is 14.7 Å². The van der Waals surface area contributed by atoms with Crippen molar-refractivity contribution in [3.8, 4) is 5.75 Å². The third-order valence-corrected chi connectivity index (χ3v) is 6.72. The van der Waals surface area contributed by atoms with Crippen LogP contribution >= 0.6 is 22.6 Å². The van der Waals surface area contributed by atoms with Crippen LogP contribution in [0.5, 0.6) is 5.75 Å². The molecule has 2 aliphatic heterocycles. The summed E-state index contributed by atoms with van der Waals surface area (Å²) in [6.45, 7) is 11.2. The smallest absolute Gasteiger partial charge is 0.227 e. The SMILES string of the molecule is COc1cc2c(NC3CC(C)(C)NC(C)(C)C3)nc(N3CCCC3)nc2cc1I. The number of benzene rings is 1. The Morgan fingerprint density at radius 3 is 2.38 bits per heavy atom. The Labute approximate surface area is 187 Å². The molecular weight excluding hydrogens is 477 g/mol. The fraction of sp³-hybridized carbons (Fsp3) is 0.636. The summed E-state index contributed by atoms with van der Waals surface area (Å²) >= 11 is 2.32. The van der Waals surface area contributed by atoms with Crippen molar-refractivity contribution in [2.75, 3.05) is 30.4 Å². The molecule has 2 fully saturated rings. The largest absolute Gasteiger partial charge is 0.496 e. The Morgan fingerprint density at radius 2 is 1.76 bits per heavy atom. The molecule has 2 N–H and O–H groups in total. The summed E-state index contributed by atoms with van der Waals surface area (Å²) in [7, 11) is 1.72. The predicted molar refractivity (Wildman–Crippen MR) is 128 cm³/mol. The minimum Gasteiger partial charge on any atom is -0.496 e. The molecule has 1 aromatic heterocycles. The van der Waals surface area contributed by atoms with Crippen molar-refractivity contribution in [2.24, 2.45) is 0 Å². The first-order chi connectivity index (χ1) is 13.7. The molecule has 3 heterocycles. The zero-order valence-electron chi connectivity index (χ0n) is 18.1. The van der Waals surface area contributed by atoms with Crippen LogP contribution in [0.2, 0.25) is 0 Å². The molecule has 2 aromatic rings. The molecule has 0 radical (unpaired) electrons. The van der Waals surface area contributed by atoms with Crippen molar-refractivity contribution in [1.29, 1.82) is 0 Å². The van der Waals surface area contributed by atoms with E-state index < -0.39 is 0 Å². The molecule has 7 heteroatoms. The van der Waals surface area contributed by atoms with Crippen molar-refractivity contribution >= 4 is 45.3 Å². The summed E-state index contributed by atoms with van der Waals surface area (Å²) in [5.74, 6) is 2.63. The van der Waals surface area contributed by atoms with Gasteiger partial charge in [-0.05, 0) is 88.1 Å². The van der Waals surface area contributed by atoms with Gasteiger partial charge in [-0.15, -0.1) is 0 Å². The molecule has 2 saturated heterocycles. The Hall–Kier alpha value is -1.35. The number of methoxy groups -OCH3 is 1. The molecule has 0 amide bonds. The Bertz CT molecular complexity index is 892. The van der Waals surface area contributed by atoms with E-state index in [1.54, 1.807) is 7.11 Å². The quantitative estimate of drug-likeness (QED) is 0.590. The third-order valence-electron chi connectivity index (χ3n) is 5.88. The maximum Gasteiger partial charge on any atom is 0.227 e. The molecule has 158 valence electrons. The number of nitrogens with zero attached hydrogens (tertiary/aromatic N) is 3. The summed E-state index contributed by atoms with van der Waals surface area (Å²) in [6, 6.07) is 4.53. The highest BCUT2D eigenvalue weighted by atomic mass is 127. The number of nitrogens with one attached hydrogen (secondary N) is 2. The number of piperidine rings is 1. The predicted octanol–water partition coefficient (Wildman–Crippen LogP) is 4.56. The number of ether oxygens (including phenoxy) is 1. The lowest BCUT2D eigenvalue weighted by Crippen LogP contribution is -2.60. The summed E-state index contributed by atoms with van der Waals surface area (Å²) in [6.07, 6.45) is 4.51. The highest BCUT2D eigenvalue weighted by Gasteiger charge is 2.38. The molecule has 0 saturated carbocycles. The van der Waals surface area contributed by atoms with Crippen LogP contribution < -0.4 is 20.3 Å². The Balaban J connectivity index is 1.76. The average Bonchev–Trinajstić information content (AvgIpc) is 3.12. The topological polar surface area (TPSA) is 62.3 Å². The molecule has 4 rings (SSSR count). The second-order valence-electron chi connectivity index (χ2n) is 9.71. The van der Waals surface area contributed by atoms with Gasteiger partial charge in [0.05, 0.1) is 16.2 Å². The molecule has 1 aromatic carbocycles. The van der Waals surface area contributed by atoms with Crippen molar-refractivity contribution in [2.45, 2.75) is 70.5 Å². The van der Waals surface area contributed by atoms with Gasteiger partial charge in [0.15, 0.2) is 0 Å². The van der Waals surface area contributed by atoms with Crippen molar-refractivity contribution in [1.82, 2.24) is 15.3 Å². The number of hydrogen-bond donors (Lipinski definition) is 2. The van der Waals surface area contributed by atoms with Gasteiger partial charge in [-0.2, -0.15) is 4.98 Å². The van der Waals surface area contributed by atoms with E-state index in [1.807, 2.05) is 0 Å². The monoisotopic (exact) mass is 509 g/mol. The fourth-order valence-corrected chi connectivity index (χ4v) is 5.73. The van der Waals surface area contributed by atoms with E-state index in [-0.39, 0.29) is 11.1 Å². The summed E-state index contributed by atoms with van der Waals surface area (Å²) in [4.78, 5) is 12.2. The lowest BCUT2D eigenvalue weighted by molar-refractivity contribution is 0.170. The molecule has 0 aliphatic carbocycles. The van der Waals surface area contributed by atoms with Gasteiger partial charge in [-0.3, -0.25) is 0 Å². The highest BCUT2D eigenvalue weighted by Crippen LogP contribution is 2.35. The van der Waals surface area contributed by atoms with Crippen molar-refractivity contribution < 1.29 is 4.74 Å². The first-order valence-electron chi connectivity index (χ1n) is 10.5. The lowest BCUT2D eigenvalue weighted by Gasteiger charge is -2.46. The zero-order chi connectivity index (χ0) is 20.8. The maximum absolute atomic E-state index is 5.58.